The number of anilines is 1. The largest absolute Gasteiger partial charge is 0.497 e. The molecular weight excluding hydrogens is 401 g/mol. The maximum absolute atomic E-state index is 13.9. The summed E-state index contributed by atoms with van der Waals surface area (Å²) in [6.07, 6.45) is 1.09. The predicted octanol–water partition coefficient (Wildman–Crippen LogP) is 2.86. The van der Waals surface area contributed by atoms with Crippen LogP contribution < -0.4 is 10.1 Å². The van der Waals surface area contributed by atoms with Gasteiger partial charge in [0.25, 0.3) is 0 Å². The Hall–Kier alpha value is -3.27. The van der Waals surface area contributed by atoms with E-state index in [0.717, 1.165) is 30.0 Å². The van der Waals surface area contributed by atoms with Crippen LogP contribution >= 0.6 is 0 Å². The second kappa shape index (κ2) is 8.39. The number of rotatable bonds is 7. The Balaban J connectivity index is 1.62. The number of benzene rings is 2. The summed E-state index contributed by atoms with van der Waals surface area (Å²) < 4.78 is 47.3. The van der Waals surface area contributed by atoms with Crippen LogP contribution in [0, 0.1) is 5.82 Å². The van der Waals surface area contributed by atoms with Gasteiger partial charge in [-0.05, 0) is 42.5 Å². The fraction of sp³-hybridized carbons (Fsp3) is 0.211. The average molecular weight is 419 g/mol. The highest BCUT2D eigenvalue weighted by Crippen LogP contribution is 2.21. The smallest absolute Gasteiger partial charge is 0.227 e. The molecule has 1 N–H and O–H groups in total. The Morgan fingerprint density at radius 1 is 1.21 bits per heavy atom. The summed E-state index contributed by atoms with van der Waals surface area (Å²) >= 11 is 0. The number of hydrogen-bond acceptors (Lipinski definition) is 7. The van der Waals surface area contributed by atoms with Crippen molar-refractivity contribution < 1.29 is 26.9 Å². The van der Waals surface area contributed by atoms with Crippen LogP contribution in [0.15, 0.2) is 51.9 Å². The topological polar surface area (TPSA) is 111 Å². The van der Waals surface area contributed by atoms with Gasteiger partial charge in [0.2, 0.25) is 17.6 Å². The van der Waals surface area contributed by atoms with Crippen molar-refractivity contribution in [3.8, 4) is 17.1 Å². The van der Waals surface area contributed by atoms with Gasteiger partial charge >= 0.3 is 0 Å². The van der Waals surface area contributed by atoms with E-state index in [0.29, 0.717) is 11.6 Å². The molecule has 0 atom stereocenters. The van der Waals surface area contributed by atoms with Crippen molar-refractivity contribution >= 4 is 21.4 Å². The second-order valence-electron chi connectivity index (χ2n) is 6.20. The third-order valence-corrected chi connectivity index (χ3v) is 5.13. The SMILES string of the molecule is COc1ccc(-c2noc(CCC(=O)Nc3cc(S(C)(=O)=O)ccc3F)n2)cc1. The zero-order valence-electron chi connectivity index (χ0n) is 15.7. The van der Waals surface area contributed by atoms with Crippen LogP contribution in [0.2, 0.25) is 0 Å². The van der Waals surface area contributed by atoms with Gasteiger partial charge in [0, 0.05) is 24.7 Å². The number of carbonyl (C=O) groups is 1. The summed E-state index contributed by atoms with van der Waals surface area (Å²) in [4.78, 5) is 16.3. The molecule has 10 heteroatoms. The summed E-state index contributed by atoms with van der Waals surface area (Å²) in [5.74, 6) is 0.0664. The third kappa shape index (κ3) is 5.17. The summed E-state index contributed by atoms with van der Waals surface area (Å²) in [5.41, 5.74) is 0.521. The molecule has 0 aliphatic heterocycles. The highest BCUT2D eigenvalue weighted by Gasteiger charge is 2.15. The van der Waals surface area contributed by atoms with Crippen LogP contribution in [-0.2, 0) is 21.1 Å². The van der Waals surface area contributed by atoms with E-state index in [1.54, 1.807) is 31.4 Å². The number of methoxy groups -OCH3 is 1. The van der Waals surface area contributed by atoms with Gasteiger partial charge in [-0.15, -0.1) is 0 Å². The van der Waals surface area contributed by atoms with Crippen molar-refractivity contribution in [2.24, 2.45) is 0 Å². The molecule has 8 nitrogen and oxygen atoms in total. The highest BCUT2D eigenvalue weighted by molar-refractivity contribution is 7.90. The first-order valence-electron chi connectivity index (χ1n) is 8.53. The van der Waals surface area contributed by atoms with Crippen molar-refractivity contribution in [2.45, 2.75) is 17.7 Å². The van der Waals surface area contributed by atoms with Crippen LogP contribution in [0.4, 0.5) is 10.1 Å². The van der Waals surface area contributed by atoms with E-state index in [4.69, 9.17) is 9.26 Å². The minimum atomic E-state index is -3.52. The number of sulfone groups is 1. The number of nitrogens with one attached hydrogen (secondary N) is 1. The van der Waals surface area contributed by atoms with Gasteiger partial charge in [0.05, 0.1) is 17.7 Å². The van der Waals surface area contributed by atoms with E-state index in [1.165, 1.54) is 0 Å². The van der Waals surface area contributed by atoms with E-state index < -0.39 is 21.6 Å². The molecular formula is C19H18FN3O5S. The molecule has 2 aromatic carbocycles. The molecule has 1 heterocycles. The zero-order chi connectivity index (χ0) is 21.0. The molecule has 0 unspecified atom stereocenters. The van der Waals surface area contributed by atoms with Gasteiger partial charge in [-0.1, -0.05) is 5.16 Å². The van der Waals surface area contributed by atoms with Crippen molar-refractivity contribution in [1.82, 2.24) is 10.1 Å². The van der Waals surface area contributed by atoms with Gasteiger partial charge in [0.1, 0.15) is 11.6 Å². The molecule has 3 rings (SSSR count). The van der Waals surface area contributed by atoms with Crippen LogP contribution in [0.3, 0.4) is 0 Å². The van der Waals surface area contributed by atoms with E-state index >= 15 is 0 Å². The quantitative estimate of drug-likeness (QED) is 0.586. The lowest BCUT2D eigenvalue weighted by atomic mass is 10.2. The lowest BCUT2D eigenvalue weighted by molar-refractivity contribution is -0.116. The van der Waals surface area contributed by atoms with Crippen molar-refractivity contribution in [1.29, 1.82) is 0 Å². The number of ether oxygens (including phenoxy) is 1. The standard InChI is InChI=1S/C19H18FN3O5S/c1-27-13-5-3-12(4-6-13)19-22-18(28-23-19)10-9-17(24)21-16-11-14(29(2,25)26)7-8-15(16)20/h3-8,11H,9-10H2,1-2H3,(H,21,24). The summed E-state index contributed by atoms with van der Waals surface area (Å²) in [6, 6.07) is 10.3. The molecule has 0 saturated carbocycles. The molecule has 152 valence electrons. The molecule has 0 bridgehead atoms. The molecule has 0 saturated heterocycles. The van der Waals surface area contributed by atoms with Crippen molar-refractivity contribution in [2.75, 3.05) is 18.7 Å². The molecule has 29 heavy (non-hydrogen) atoms. The number of nitrogens with zero attached hydrogens (tertiary/aromatic N) is 2. The Morgan fingerprint density at radius 2 is 1.93 bits per heavy atom. The van der Waals surface area contributed by atoms with Crippen molar-refractivity contribution in [3.05, 3.63) is 54.2 Å². The number of aromatic nitrogens is 2. The molecule has 3 aromatic rings. The van der Waals surface area contributed by atoms with Gasteiger partial charge in [-0.3, -0.25) is 4.79 Å². The lowest BCUT2D eigenvalue weighted by Crippen LogP contribution is -2.14. The fourth-order valence-electron chi connectivity index (χ4n) is 2.48. The highest BCUT2D eigenvalue weighted by atomic mass is 32.2. The van der Waals surface area contributed by atoms with E-state index in [1.807, 2.05) is 0 Å². The van der Waals surface area contributed by atoms with Crippen LogP contribution in [0.5, 0.6) is 5.75 Å². The van der Waals surface area contributed by atoms with E-state index in [9.17, 15) is 17.6 Å². The number of halogens is 1. The van der Waals surface area contributed by atoms with Gasteiger partial charge in [-0.25, -0.2) is 12.8 Å². The molecule has 0 radical (unpaired) electrons. The van der Waals surface area contributed by atoms with Gasteiger partial charge < -0.3 is 14.6 Å². The van der Waals surface area contributed by atoms with Crippen LogP contribution in [0.25, 0.3) is 11.4 Å². The number of carbonyl (C=O) groups excluding carboxylic acids is 1. The van der Waals surface area contributed by atoms with Crippen molar-refractivity contribution in [3.63, 3.8) is 0 Å². The predicted molar refractivity (Wildman–Crippen MR) is 103 cm³/mol. The molecule has 1 aromatic heterocycles. The lowest BCUT2D eigenvalue weighted by Gasteiger charge is -2.07. The average Bonchev–Trinajstić information content (AvgIpc) is 3.16. The van der Waals surface area contributed by atoms with Crippen LogP contribution in [0.1, 0.15) is 12.3 Å². The Labute approximate surface area is 166 Å². The first kappa shape index (κ1) is 20.5. The summed E-state index contributed by atoms with van der Waals surface area (Å²) in [7, 11) is -1.96. The number of aryl methyl sites for hydroxylation is 1. The van der Waals surface area contributed by atoms with Gasteiger partial charge in [-0.2, -0.15) is 4.98 Å². The Morgan fingerprint density at radius 3 is 2.59 bits per heavy atom. The zero-order valence-corrected chi connectivity index (χ0v) is 16.5. The maximum Gasteiger partial charge on any atom is 0.227 e. The minimum absolute atomic E-state index is 0.0488. The van der Waals surface area contributed by atoms with Gasteiger partial charge in [0.15, 0.2) is 9.84 Å². The fourth-order valence-corrected chi connectivity index (χ4v) is 3.12. The minimum Gasteiger partial charge on any atom is -0.497 e. The van der Waals surface area contributed by atoms with Crippen LogP contribution in [-0.4, -0.2) is 37.8 Å². The molecule has 1 amide bonds. The maximum atomic E-state index is 13.9. The first-order valence-corrected chi connectivity index (χ1v) is 10.4. The Bertz CT molecular complexity index is 1130. The molecule has 0 fully saturated rings. The summed E-state index contributed by atoms with van der Waals surface area (Å²) in [6.45, 7) is 0. The van der Waals surface area contributed by atoms with E-state index in [2.05, 4.69) is 15.5 Å². The number of hydrogen-bond donors (Lipinski definition) is 1. The molecule has 0 aliphatic rings. The number of amides is 1. The first-order chi connectivity index (χ1) is 13.8. The van der Waals surface area contributed by atoms with E-state index in [-0.39, 0.29) is 29.3 Å². The normalized spacial score (nSPS) is 11.3. The molecule has 0 spiro atoms. The monoisotopic (exact) mass is 419 g/mol. The second-order valence-corrected chi connectivity index (χ2v) is 8.22. The Kier molecular flexibility index (Phi) is 5.92. The summed E-state index contributed by atoms with van der Waals surface area (Å²) in [5, 5.41) is 6.23. The third-order valence-electron chi connectivity index (χ3n) is 4.02. The molecule has 0 aliphatic carbocycles.